The third-order valence-electron chi connectivity index (χ3n) is 5.65. The molecule has 1 fully saturated rings. The number of aryl methyl sites for hydroxylation is 2. The smallest absolute Gasteiger partial charge is 0.300 e. The Kier molecular flexibility index (Phi) is 6.19. The Balaban J connectivity index is 1.96. The predicted octanol–water partition coefficient (Wildman–Crippen LogP) is 6.25. The Labute approximate surface area is 201 Å². The Bertz CT molecular complexity index is 1320. The zero-order valence-corrected chi connectivity index (χ0v) is 19.7. The largest absolute Gasteiger partial charge is 0.507 e. The highest BCUT2D eigenvalue weighted by Crippen LogP contribution is 2.43. The molecule has 1 heterocycles. The normalized spacial score (nSPS) is 17.5. The molecule has 5 nitrogen and oxygen atoms in total. The van der Waals surface area contributed by atoms with Crippen molar-refractivity contribution >= 4 is 46.3 Å². The van der Waals surface area contributed by atoms with Crippen molar-refractivity contribution in [1.29, 1.82) is 0 Å². The van der Waals surface area contributed by atoms with E-state index >= 15 is 0 Å². The van der Waals surface area contributed by atoms with Gasteiger partial charge in [-0.15, -0.1) is 0 Å². The van der Waals surface area contributed by atoms with Crippen LogP contribution in [0, 0.1) is 13.8 Å². The van der Waals surface area contributed by atoms with Crippen molar-refractivity contribution in [3.8, 4) is 5.75 Å². The molecule has 1 N–H and O–H groups in total. The molecule has 3 aromatic rings. The van der Waals surface area contributed by atoms with E-state index in [1.54, 1.807) is 49.6 Å². The maximum atomic E-state index is 13.2. The highest BCUT2D eigenvalue weighted by Gasteiger charge is 2.47. The number of ketones is 1. The number of amides is 1. The second-order valence-electron chi connectivity index (χ2n) is 7.87. The van der Waals surface area contributed by atoms with Crippen molar-refractivity contribution in [3.63, 3.8) is 0 Å². The first-order valence-electron chi connectivity index (χ1n) is 10.2. The van der Waals surface area contributed by atoms with Crippen molar-refractivity contribution in [3.05, 3.63) is 98.5 Å². The highest BCUT2D eigenvalue weighted by molar-refractivity contribution is 6.51. The number of ether oxygens (including phenoxy) is 1. The fourth-order valence-corrected chi connectivity index (χ4v) is 4.36. The average Bonchev–Trinajstić information content (AvgIpc) is 3.05. The number of Topliss-reactive ketones (excluding diaryl/α,β-unsaturated/α-hetero) is 1. The van der Waals surface area contributed by atoms with Crippen LogP contribution in [0.2, 0.25) is 10.0 Å². The summed E-state index contributed by atoms with van der Waals surface area (Å²) in [6.07, 6.45) is 0. The van der Waals surface area contributed by atoms with E-state index in [2.05, 4.69) is 0 Å². The number of rotatable bonds is 4. The minimum absolute atomic E-state index is 0.0236. The van der Waals surface area contributed by atoms with E-state index in [4.69, 9.17) is 27.9 Å². The van der Waals surface area contributed by atoms with Gasteiger partial charge in [0.15, 0.2) is 0 Å². The standard InChI is InChI=1S/C26H21Cl2NO4/c1-14-5-4-6-18(11-14)29-23(16-7-9-19(27)20(28)13-16)22(25(31)26(29)32)24(30)17-8-10-21(33-3)15(2)12-17/h4-13,23,30H,1-3H3/b24-22-. The predicted molar refractivity (Wildman–Crippen MR) is 130 cm³/mol. The molecule has 0 spiro atoms. The van der Waals surface area contributed by atoms with E-state index in [0.717, 1.165) is 11.1 Å². The lowest BCUT2D eigenvalue weighted by molar-refractivity contribution is -0.132. The first-order chi connectivity index (χ1) is 15.7. The summed E-state index contributed by atoms with van der Waals surface area (Å²) in [5.41, 5.74) is 3.17. The molecule has 0 aliphatic carbocycles. The Morgan fingerprint density at radius 1 is 0.970 bits per heavy atom. The molecule has 0 bridgehead atoms. The summed E-state index contributed by atoms with van der Waals surface area (Å²) in [5, 5.41) is 11.9. The summed E-state index contributed by atoms with van der Waals surface area (Å²) in [6, 6.07) is 16.3. The third-order valence-corrected chi connectivity index (χ3v) is 6.39. The highest BCUT2D eigenvalue weighted by atomic mass is 35.5. The summed E-state index contributed by atoms with van der Waals surface area (Å²) < 4.78 is 5.29. The molecule has 1 unspecified atom stereocenters. The van der Waals surface area contributed by atoms with Crippen LogP contribution in [0.3, 0.4) is 0 Å². The van der Waals surface area contributed by atoms with Gasteiger partial charge < -0.3 is 9.84 Å². The molecular formula is C26H21Cl2NO4. The lowest BCUT2D eigenvalue weighted by atomic mass is 9.94. The van der Waals surface area contributed by atoms with Crippen molar-refractivity contribution in [2.45, 2.75) is 19.9 Å². The molecule has 1 atom stereocenters. The summed E-state index contributed by atoms with van der Waals surface area (Å²) >= 11 is 12.4. The van der Waals surface area contributed by atoms with Crippen LogP contribution in [0.15, 0.2) is 66.2 Å². The molecule has 0 aromatic heterocycles. The molecule has 7 heteroatoms. The van der Waals surface area contributed by atoms with E-state index in [-0.39, 0.29) is 16.4 Å². The summed E-state index contributed by atoms with van der Waals surface area (Å²) in [6.45, 7) is 3.73. The minimum atomic E-state index is -0.885. The third kappa shape index (κ3) is 4.10. The van der Waals surface area contributed by atoms with Gasteiger partial charge in [0.2, 0.25) is 0 Å². The molecule has 3 aromatic carbocycles. The molecule has 1 amide bonds. The molecule has 4 rings (SSSR count). The number of hydrogen-bond acceptors (Lipinski definition) is 4. The van der Waals surface area contributed by atoms with Gasteiger partial charge in [0.25, 0.3) is 11.7 Å². The zero-order valence-electron chi connectivity index (χ0n) is 18.2. The lowest BCUT2D eigenvalue weighted by Gasteiger charge is -2.26. The fraction of sp³-hybridized carbons (Fsp3) is 0.154. The van der Waals surface area contributed by atoms with Crippen LogP contribution in [0.4, 0.5) is 5.69 Å². The summed E-state index contributed by atoms with van der Waals surface area (Å²) in [7, 11) is 1.56. The van der Waals surface area contributed by atoms with E-state index in [9.17, 15) is 14.7 Å². The van der Waals surface area contributed by atoms with Gasteiger partial charge in [0.1, 0.15) is 11.5 Å². The molecule has 1 saturated heterocycles. The maximum Gasteiger partial charge on any atom is 0.300 e. The Hall–Kier alpha value is -3.28. The number of aliphatic hydroxyl groups is 1. The van der Waals surface area contributed by atoms with Crippen molar-refractivity contribution in [2.24, 2.45) is 0 Å². The maximum absolute atomic E-state index is 13.2. The molecule has 33 heavy (non-hydrogen) atoms. The second-order valence-corrected chi connectivity index (χ2v) is 8.68. The van der Waals surface area contributed by atoms with Gasteiger partial charge in [0.05, 0.1) is 28.8 Å². The van der Waals surface area contributed by atoms with E-state index < -0.39 is 17.7 Å². The first-order valence-corrected chi connectivity index (χ1v) is 11.0. The number of carbonyl (C=O) groups is 2. The zero-order chi connectivity index (χ0) is 23.9. The molecule has 1 aliphatic rings. The minimum Gasteiger partial charge on any atom is -0.507 e. The van der Waals surface area contributed by atoms with Gasteiger partial charge in [-0.25, -0.2) is 0 Å². The number of anilines is 1. The van der Waals surface area contributed by atoms with Gasteiger partial charge in [-0.3, -0.25) is 14.5 Å². The van der Waals surface area contributed by atoms with Crippen LogP contribution in [-0.4, -0.2) is 23.9 Å². The number of benzene rings is 3. The van der Waals surface area contributed by atoms with Crippen LogP contribution in [-0.2, 0) is 9.59 Å². The van der Waals surface area contributed by atoms with Crippen LogP contribution in [0.25, 0.3) is 5.76 Å². The summed E-state index contributed by atoms with van der Waals surface area (Å²) in [4.78, 5) is 27.8. The van der Waals surface area contributed by atoms with Gasteiger partial charge in [-0.1, -0.05) is 41.4 Å². The number of nitrogens with zero attached hydrogens (tertiary/aromatic N) is 1. The van der Waals surface area contributed by atoms with Crippen molar-refractivity contribution in [1.82, 2.24) is 0 Å². The van der Waals surface area contributed by atoms with Crippen LogP contribution in [0.1, 0.15) is 28.3 Å². The molecular weight excluding hydrogens is 461 g/mol. The number of hydrogen-bond donors (Lipinski definition) is 1. The second kappa shape index (κ2) is 8.93. The summed E-state index contributed by atoms with van der Waals surface area (Å²) in [5.74, 6) is -1.14. The molecule has 0 radical (unpaired) electrons. The van der Waals surface area contributed by atoms with E-state index in [0.29, 0.717) is 27.6 Å². The van der Waals surface area contributed by atoms with Gasteiger partial charge in [-0.2, -0.15) is 0 Å². The number of aliphatic hydroxyl groups excluding tert-OH is 1. The lowest BCUT2D eigenvalue weighted by Crippen LogP contribution is -2.29. The quantitative estimate of drug-likeness (QED) is 0.271. The number of methoxy groups -OCH3 is 1. The van der Waals surface area contributed by atoms with E-state index in [1.807, 2.05) is 32.0 Å². The molecule has 0 saturated carbocycles. The SMILES string of the molecule is COc1ccc(/C(O)=C2/C(=O)C(=O)N(c3cccc(C)c3)C2c2ccc(Cl)c(Cl)c2)cc1C. The Morgan fingerprint density at radius 2 is 1.73 bits per heavy atom. The first kappa shape index (κ1) is 22.9. The van der Waals surface area contributed by atoms with Gasteiger partial charge >= 0.3 is 0 Å². The van der Waals surface area contributed by atoms with Gasteiger partial charge in [-0.05, 0) is 73.0 Å². The molecule has 168 valence electrons. The monoisotopic (exact) mass is 481 g/mol. The number of carbonyl (C=O) groups excluding carboxylic acids is 2. The topological polar surface area (TPSA) is 66.8 Å². The van der Waals surface area contributed by atoms with Crippen LogP contribution < -0.4 is 9.64 Å². The number of halogens is 2. The van der Waals surface area contributed by atoms with Crippen LogP contribution in [0.5, 0.6) is 5.75 Å². The van der Waals surface area contributed by atoms with Crippen molar-refractivity contribution < 1.29 is 19.4 Å². The van der Waals surface area contributed by atoms with E-state index in [1.165, 1.54) is 4.90 Å². The molecule has 1 aliphatic heterocycles. The van der Waals surface area contributed by atoms with Crippen LogP contribution >= 0.6 is 23.2 Å². The van der Waals surface area contributed by atoms with Crippen molar-refractivity contribution in [2.75, 3.05) is 12.0 Å². The average molecular weight is 482 g/mol. The fourth-order valence-electron chi connectivity index (χ4n) is 4.06. The Morgan fingerprint density at radius 3 is 2.36 bits per heavy atom. The van der Waals surface area contributed by atoms with Gasteiger partial charge in [0, 0.05) is 11.3 Å².